The summed E-state index contributed by atoms with van der Waals surface area (Å²) in [6.45, 7) is 9.38. The summed E-state index contributed by atoms with van der Waals surface area (Å²) in [5, 5.41) is 6.88. The highest BCUT2D eigenvalue weighted by Crippen LogP contribution is 2.20. The van der Waals surface area contributed by atoms with Gasteiger partial charge in [-0.15, -0.1) is 0 Å². The van der Waals surface area contributed by atoms with Gasteiger partial charge >= 0.3 is 6.09 Å². The fourth-order valence-electron chi connectivity index (χ4n) is 3.07. The SMILES string of the molecule is Cc1ccc(-c2noc(CN3CCC(NC(=O)OC(C)(C)C)CC3)n2)cc1F. The second-order valence-corrected chi connectivity index (χ2v) is 8.17. The molecule has 1 amide bonds. The molecule has 3 rings (SSSR count). The van der Waals surface area contributed by atoms with Crippen molar-refractivity contribution in [1.82, 2.24) is 20.4 Å². The number of alkyl carbamates (subject to hydrolysis) is 1. The zero-order chi connectivity index (χ0) is 20.3. The second-order valence-electron chi connectivity index (χ2n) is 8.17. The Morgan fingerprint density at radius 1 is 1.36 bits per heavy atom. The van der Waals surface area contributed by atoms with Crippen LogP contribution in [0.3, 0.4) is 0 Å². The van der Waals surface area contributed by atoms with Crippen LogP contribution in [0.5, 0.6) is 0 Å². The van der Waals surface area contributed by atoms with Crippen LogP contribution in [-0.2, 0) is 11.3 Å². The standard InChI is InChI=1S/C20H27FN4O3/c1-13-5-6-14(11-16(13)21)18-23-17(28-24-18)12-25-9-7-15(8-10-25)22-19(26)27-20(2,3)4/h5-6,11,15H,7-10,12H2,1-4H3,(H,22,26). The van der Waals surface area contributed by atoms with E-state index < -0.39 is 5.60 Å². The van der Waals surface area contributed by atoms with Crippen LogP contribution in [0.4, 0.5) is 9.18 Å². The van der Waals surface area contributed by atoms with Gasteiger partial charge in [0.15, 0.2) is 0 Å². The van der Waals surface area contributed by atoms with Gasteiger partial charge in [-0.3, -0.25) is 4.90 Å². The number of rotatable bonds is 4. The smallest absolute Gasteiger partial charge is 0.407 e. The van der Waals surface area contributed by atoms with E-state index in [0.29, 0.717) is 29.4 Å². The summed E-state index contributed by atoms with van der Waals surface area (Å²) in [6, 6.07) is 4.99. The van der Waals surface area contributed by atoms with E-state index in [1.807, 2.05) is 20.8 Å². The summed E-state index contributed by atoms with van der Waals surface area (Å²) in [5.74, 6) is 0.591. The minimum atomic E-state index is -0.499. The topological polar surface area (TPSA) is 80.5 Å². The molecule has 0 spiro atoms. The molecule has 8 heteroatoms. The summed E-state index contributed by atoms with van der Waals surface area (Å²) in [6.07, 6.45) is 1.27. The molecule has 7 nitrogen and oxygen atoms in total. The van der Waals surface area contributed by atoms with Gasteiger partial charge < -0.3 is 14.6 Å². The number of ether oxygens (including phenoxy) is 1. The molecule has 1 N–H and O–H groups in total. The average molecular weight is 390 g/mol. The number of hydrogen-bond donors (Lipinski definition) is 1. The Hall–Kier alpha value is -2.48. The molecule has 28 heavy (non-hydrogen) atoms. The third-order valence-electron chi connectivity index (χ3n) is 4.57. The van der Waals surface area contributed by atoms with Crippen molar-refractivity contribution in [2.75, 3.05) is 13.1 Å². The van der Waals surface area contributed by atoms with Crippen molar-refractivity contribution in [3.8, 4) is 11.4 Å². The monoisotopic (exact) mass is 390 g/mol. The number of nitrogens with zero attached hydrogens (tertiary/aromatic N) is 3. The van der Waals surface area contributed by atoms with Crippen molar-refractivity contribution in [2.24, 2.45) is 0 Å². The highest BCUT2D eigenvalue weighted by Gasteiger charge is 2.24. The number of nitrogens with one attached hydrogen (secondary N) is 1. The molecule has 0 bridgehead atoms. The van der Waals surface area contributed by atoms with Crippen LogP contribution in [0.15, 0.2) is 22.7 Å². The van der Waals surface area contributed by atoms with Crippen LogP contribution < -0.4 is 5.32 Å². The molecule has 0 atom stereocenters. The first kappa shape index (κ1) is 20.3. The fourth-order valence-corrected chi connectivity index (χ4v) is 3.07. The highest BCUT2D eigenvalue weighted by atomic mass is 19.1. The molecular weight excluding hydrogens is 363 g/mol. The Balaban J connectivity index is 1.49. The maximum atomic E-state index is 13.7. The van der Waals surface area contributed by atoms with Crippen molar-refractivity contribution in [3.63, 3.8) is 0 Å². The van der Waals surface area contributed by atoms with E-state index in [1.54, 1.807) is 19.1 Å². The number of carbonyl (C=O) groups excluding carboxylic acids is 1. The third-order valence-corrected chi connectivity index (χ3v) is 4.57. The van der Waals surface area contributed by atoms with Crippen LogP contribution in [-0.4, -0.2) is 45.9 Å². The van der Waals surface area contributed by atoms with E-state index in [2.05, 4.69) is 20.4 Å². The minimum absolute atomic E-state index is 0.0971. The summed E-state index contributed by atoms with van der Waals surface area (Å²) in [4.78, 5) is 18.4. The predicted octanol–water partition coefficient (Wildman–Crippen LogP) is 3.67. The lowest BCUT2D eigenvalue weighted by atomic mass is 10.1. The number of carbonyl (C=O) groups is 1. The van der Waals surface area contributed by atoms with Crippen LogP contribution in [0.2, 0.25) is 0 Å². The molecule has 2 aromatic rings. The molecule has 1 saturated heterocycles. The normalized spacial score (nSPS) is 16.2. The molecule has 1 aromatic carbocycles. The van der Waals surface area contributed by atoms with Crippen molar-refractivity contribution in [1.29, 1.82) is 0 Å². The molecule has 152 valence electrons. The number of aromatic nitrogens is 2. The predicted molar refractivity (Wildman–Crippen MR) is 102 cm³/mol. The number of hydrogen-bond acceptors (Lipinski definition) is 6. The first-order chi connectivity index (χ1) is 13.2. The van der Waals surface area contributed by atoms with Crippen LogP contribution in [0.1, 0.15) is 45.1 Å². The van der Waals surface area contributed by atoms with Crippen LogP contribution >= 0.6 is 0 Å². The first-order valence-electron chi connectivity index (χ1n) is 9.50. The largest absolute Gasteiger partial charge is 0.444 e. The van der Waals surface area contributed by atoms with Gasteiger partial charge in [0.2, 0.25) is 11.7 Å². The minimum Gasteiger partial charge on any atom is -0.444 e. The number of aryl methyl sites for hydroxylation is 1. The maximum absolute atomic E-state index is 13.7. The molecular formula is C20H27FN4O3. The van der Waals surface area contributed by atoms with E-state index in [9.17, 15) is 9.18 Å². The number of amides is 1. The molecule has 2 heterocycles. The number of benzene rings is 1. The molecule has 1 aliphatic rings. The van der Waals surface area contributed by atoms with Crippen molar-refractivity contribution in [3.05, 3.63) is 35.5 Å². The summed E-state index contributed by atoms with van der Waals surface area (Å²) < 4.78 is 24.4. The van der Waals surface area contributed by atoms with Gasteiger partial charge in [0.1, 0.15) is 11.4 Å². The number of halogens is 1. The summed E-state index contributed by atoms with van der Waals surface area (Å²) >= 11 is 0. The molecule has 0 aliphatic carbocycles. The Kier molecular flexibility index (Phi) is 5.98. The van der Waals surface area contributed by atoms with Gasteiger partial charge in [-0.2, -0.15) is 4.98 Å². The van der Waals surface area contributed by atoms with Gasteiger partial charge in [-0.25, -0.2) is 9.18 Å². The lowest BCUT2D eigenvalue weighted by Crippen LogP contribution is -2.45. The third kappa shape index (κ3) is 5.51. The highest BCUT2D eigenvalue weighted by molar-refractivity contribution is 5.68. The lowest BCUT2D eigenvalue weighted by molar-refractivity contribution is 0.0475. The molecule has 1 aliphatic heterocycles. The second kappa shape index (κ2) is 8.26. The molecule has 1 aromatic heterocycles. The van der Waals surface area contributed by atoms with Crippen molar-refractivity contribution < 1.29 is 18.4 Å². The molecule has 0 unspecified atom stereocenters. The van der Waals surface area contributed by atoms with Gasteiger partial charge in [0.05, 0.1) is 6.54 Å². The van der Waals surface area contributed by atoms with Gasteiger partial charge in [0, 0.05) is 24.7 Å². The van der Waals surface area contributed by atoms with E-state index in [-0.39, 0.29) is 18.0 Å². The number of piperidine rings is 1. The van der Waals surface area contributed by atoms with E-state index in [4.69, 9.17) is 9.26 Å². The first-order valence-corrected chi connectivity index (χ1v) is 9.50. The molecule has 0 saturated carbocycles. The summed E-state index contributed by atoms with van der Waals surface area (Å²) in [7, 11) is 0. The van der Waals surface area contributed by atoms with Gasteiger partial charge in [-0.05, 0) is 52.2 Å². The van der Waals surface area contributed by atoms with E-state index in [1.165, 1.54) is 6.07 Å². The number of likely N-dealkylation sites (tertiary alicyclic amines) is 1. The van der Waals surface area contributed by atoms with Gasteiger partial charge in [0.25, 0.3) is 0 Å². The Labute approximate surface area is 164 Å². The molecule has 0 radical (unpaired) electrons. The van der Waals surface area contributed by atoms with Crippen LogP contribution in [0, 0.1) is 12.7 Å². The average Bonchev–Trinajstić information content (AvgIpc) is 3.06. The van der Waals surface area contributed by atoms with Crippen molar-refractivity contribution >= 4 is 6.09 Å². The lowest BCUT2D eigenvalue weighted by Gasteiger charge is -2.31. The Morgan fingerprint density at radius 2 is 2.07 bits per heavy atom. The zero-order valence-corrected chi connectivity index (χ0v) is 16.8. The Bertz CT molecular complexity index is 823. The molecule has 1 fully saturated rings. The van der Waals surface area contributed by atoms with Crippen molar-refractivity contribution in [2.45, 2.75) is 58.7 Å². The Morgan fingerprint density at radius 3 is 2.71 bits per heavy atom. The maximum Gasteiger partial charge on any atom is 0.407 e. The quantitative estimate of drug-likeness (QED) is 0.858. The fraction of sp³-hybridized carbons (Fsp3) is 0.550. The summed E-state index contributed by atoms with van der Waals surface area (Å²) in [5.41, 5.74) is 0.676. The van der Waals surface area contributed by atoms with E-state index >= 15 is 0 Å². The van der Waals surface area contributed by atoms with E-state index in [0.717, 1.165) is 25.9 Å². The zero-order valence-electron chi connectivity index (χ0n) is 16.8. The van der Waals surface area contributed by atoms with Crippen LogP contribution in [0.25, 0.3) is 11.4 Å². The van der Waals surface area contributed by atoms with Gasteiger partial charge in [-0.1, -0.05) is 17.3 Å².